The van der Waals surface area contributed by atoms with Crippen LogP contribution in [0.4, 0.5) is 0 Å². The van der Waals surface area contributed by atoms with E-state index in [4.69, 9.17) is 9.97 Å². The highest BCUT2D eigenvalue weighted by Crippen LogP contribution is 2.50. The van der Waals surface area contributed by atoms with Crippen LogP contribution in [0.5, 0.6) is 0 Å². The van der Waals surface area contributed by atoms with Crippen molar-refractivity contribution in [1.29, 1.82) is 0 Å². The number of nitrogens with zero attached hydrogens (tertiary/aromatic N) is 3. The molecule has 0 N–H and O–H groups in total. The summed E-state index contributed by atoms with van der Waals surface area (Å²) in [6, 6.07) is 99.1. The van der Waals surface area contributed by atoms with Crippen molar-refractivity contribution in [3.05, 3.63) is 284 Å². The second-order valence-corrected chi connectivity index (χ2v) is 20.5. The van der Waals surface area contributed by atoms with Crippen molar-refractivity contribution >= 4 is 21.8 Å². The molecular weight excluding hydrogens is 919 g/mol. The van der Waals surface area contributed by atoms with E-state index < -0.39 is 0 Å². The summed E-state index contributed by atoms with van der Waals surface area (Å²) in [4.78, 5) is 10.4. The molecule has 0 saturated carbocycles. The maximum Gasteiger partial charge on any atom is 0.160 e. The molecule has 0 unspecified atom stereocenters. The lowest BCUT2D eigenvalue weighted by Gasteiger charge is -2.22. The lowest BCUT2D eigenvalue weighted by atomic mass is 9.81. The van der Waals surface area contributed by atoms with Crippen LogP contribution in [-0.2, 0) is 5.41 Å². The highest BCUT2D eigenvalue weighted by molar-refractivity contribution is 6.09. The zero-order chi connectivity index (χ0) is 50.7. The Morgan fingerprint density at radius 2 is 0.711 bits per heavy atom. The molecule has 0 amide bonds. The summed E-state index contributed by atoms with van der Waals surface area (Å²) in [6.07, 6.45) is 0. The first-order valence-corrected chi connectivity index (χ1v) is 26.2. The van der Waals surface area contributed by atoms with Crippen molar-refractivity contribution in [3.63, 3.8) is 0 Å². The number of fused-ring (bicyclic) bond motifs is 6. The van der Waals surface area contributed by atoms with Crippen LogP contribution in [0.1, 0.15) is 25.0 Å². The minimum Gasteiger partial charge on any atom is -0.309 e. The molecule has 13 aromatic rings. The van der Waals surface area contributed by atoms with Crippen LogP contribution >= 0.6 is 0 Å². The maximum absolute atomic E-state index is 5.26. The fourth-order valence-electron chi connectivity index (χ4n) is 11.8. The van der Waals surface area contributed by atoms with Crippen LogP contribution in [0.15, 0.2) is 273 Å². The Labute approximate surface area is 443 Å². The quantitative estimate of drug-likeness (QED) is 0.144. The van der Waals surface area contributed by atoms with E-state index in [2.05, 4.69) is 267 Å². The molecule has 2 aromatic heterocycles. The van der Waals surface area contributed by atoms with E-state index in [0.29, 0.717) is 5.82 Å². The van der Waals surface area contributed by atoms with Gasteiger partial charge in [-0.15, -0.1) is 0 Å². The van der Waals surface area contributed by atoms with E-state index in [-0.39, 0.29) is 5.41 Å². The van der Waals surface area contributed by atoms with Crippen LogP contribution < -0.4 is 0 Å². The van der Waals surface area contributed by atoms with E-state index in [1.807, 2.05) is 24.3 Å². The topological polar surface area (TPSA) is 30.7 Å². The third-order valence-corrected chi connectivity index (χ3v) is 15.6. The molecule has 3 heteroatoms. The molecule has 14 rings (SSSR count). The van der Waals surface area contributed by atoms with Gasteiger partial charge in [0, 0.05) is 38.6 Å². The van der Waals surface area contributed by atoms with Crippen molar-refractivity contribution in [2.45, 2.75) is 19.3 Å². The summed E-state index contributed by atoms with van der Waals surface area (Å²) >= 11 is 0. The molecule has 3 nitrogen and oxygen atoms in total. The SMILES string of the molecule is CC1(C)c2ccccc2-c2ccc(-c3cc(-c4ccc(-c5ccc(-c6cc(-c7ccccc7)nc(-c7ccccc7)n6)cc5-c5ccccc5)c(-c5ccccc5)c4)cc(-n4c5ccccc5c5ccccc54)c3)cc21. The number of aromatic nitrogens is 3. The van der Waals surface area contributed by atoms with Gasteiger partial charge < -0.3 is 4.57 Å². The number of hydrogen-bond donors (Lipinski definition) is 0. The van der Waals surface area contributed by atoms with Crippen LogP contribution in [-0.4, -0.2) is 14.5 Å². The lowest BCUT2D eigenvalue weighted by Crippen LogP contribution is -2.14. The van der Waals surface area contributed by atoms with Gasteiger partial charge in [0.15, 0.2) is 5.82 Å². The van der Waals surface area contributed by atoms with Gasteiger partial charge in [-0.2, -0.15) is 0 Å². The number of para-hydroxylation sites is 2. The first-order chi connectivity index (χ1) is 37.4. The monoisotopic (exact) mass is 969 g/mol. The first kappa shape index (κ1) is 45.0. The van der Waals surface area contributed by atoms with Crippen molar-refractivity contribution < 1.29 is 0 Å². The maximum atomic E-state index is 5.26. The summed E-state index contributed by atoms with van der Waals surface area (Å²) in [6.45, 7) is 4.73. The van der Waals surface area contributed by atoms with Gasteiger partial charge >= 0.3 is 0 Å². The molecule has 0 saturated heterocycles. The molecule has 1 aliphatic carbocycles. The molecule has 76 heavy (non-hydrogen) atoms. The smallest absolute Gasteiger partial charge is 0.160 e. The predicted octanol–water partition coefficient (Wildman–Crippen LogP) is 19.2. The Balaban J connectivity index is 0.963. The average Bonchev–Trinajstić information content (AvgIpc) is 3.99. The van der Waals surface area contributed by atoms with E-state index >= 15 is 0 Å². The predicted molar refractivity (Wildman–Crippen MR) is 317 cm³/mol. The fourth-order valence-corrected chi connectivity index (χ4v) is 11.8. The molecule has 0 spiro atoms. The standard InChI is InChI=1S/C73H51N3/c1-73(2)66-32-18-15-29-60(66)61-40-36-53(46-67(61)73)56-41-55(42-57(43-56)76-70-33-19-16-30-62(70)63-31-17-20-34-71(63)76)52-35-38-58(64(44-52)48-21-7-3-8-22-48)59-39-37-54(45-65(59)49-23-9-4-10-24-49)69-47-68(50-25-11-5-12-26-50)74-72(75-69)51-27-13-6-14-28-51/h3-47H,1-2H3. The Bertz CT molecular complexity index is 4230. The molecule has 2 heterocycles. The summed E-state index contributed by atoms with van der Waals surface area (Å²) in [7, 11) is 0. The van der Waals surface area contributed by atoms with Gasteiger partial charge in [0.1, 0.15) is 0 Å². The zero-order valence-electron chi connectivity index (χ0n) is 42.3. The van der Waals surface area contributed by atoms with Gasteiger partial charge in [-0.25, -0.2) is 9.97 Å². The van der Waals surface area contributed by atoms with Crippen LogP contribution in [0.25, 0.3) is 128 Å². The normalized spacial score (nSPS) is 12.4. The van der Waals surface area contributed by atoms with Gasteiger partial charge in [-0.1, -0.05) is 232 Å². The van der Waals surface area contributed by atoms with Gasteiger partial charge in [0.2, 0.25) is 0 Å². The van der Waals surface area contributed by atoms with Crippen molar-refractivity contribution in [3.8, 4) is 106 Å². The highest BCUT2D eigenvalue weighted by atomic mass is 15.0. The van der Waals surface area contributed by atoms with Gasteiger partial charge in [-0.05, 0) is 132 Å². The van der Waals surface area contributed by atoms with Crippen LogP contribution in [0, 0.1) is 0 Å². The van der Waals surface area contributed by atoms with Crippen molar-refractivity contribution in [1.82, 2.24) is 14.5 Å². The second kappa shape index (κ2) is 18.3. The number of benzene rings is 11. The Kier molecular flexibility index (Phi) is 10.9. The number of rotatable bonds is 9. The third kappa shape index (κ3) is 7.75. The third-order valence-electron chi connectivity index (χ3n) is 15.6. The zero-order valence-corrected chi connectivity index (χ0v) is 42.3. The minimum atomic E-state index is -0.128. The Hall–Kier alpha value is -9.70. The van der Waals surface area contributed by atoms with Gasteiger partial charge in [-0.3, -0.25) is 0 Å². The molecule has 1 aliphatic rings. The molecule has 0 radical (unpaired) electrons. The van der Waals surface area contributed by atoms with Crippen molar-refractivity contribution in [2.24, 2.45) is 0 Å². The molecule has 11 aromatic carbocycles. The fraction of sp³-hybridized carbons (Fsp3) is 0.0411. The Morgan fingerprint density at radius 1 is 0.276 bits per heavy atom. The largest absolute Gasteiger partial charge is 0.309 e. The van der Waals surface area contributed by atoms with E-state index in [9.17, 15) is 0 Å². The summed E-state index contributed by atoms with van der Waals surface area (Å²) in [5.74, 6) is 0.695. The summed E-state index contributed by atoms with van der Waals surface area (Å²) < 4.78 is 2.45. The molecule has 358 valence electrons. The van der Waals surface area contributed by atoms with E-state index in [1.165, 1.54) is 55.2 Å². The second-order valence-electron chi connectivity index (χ2n) is 20.5. The number of hydrogen-bond acceptors (Lipinski definition) is 2. The van der Waals surface area contributed by atoms with Gasteiger partial charge in [0.25, 0.3) is 0 Å². The van der Waals surface area contributed by atoms with Crippen LogP contribution in [0.3, 0.4) is 0 Å². The molecular formula is C73H51N3. The molecule has 0 bridgehead atoms. The average molecular weight is 970 g/mol. The molecule has 0 atom stereocenters. The summed E-state index contributed by atoms with van der Waals surface area (Å²) in [5.41, 5.74) is 25.1. The highest BCUT2D eigenvalue weighted by Gasteiger charge is 2.35. The molecule has 0 aliphatic heterocycles. The first-order valence-electron chi connectivity index (χ1n) is 26.2. The van der Waals surface area contributed by atoms with Crippen molar-refractivity contribution in [2.75, 3.05) is 0 Å². The summed E-state index contributed by atoms with van der Waals surface area (Å²) in [5, 5.41) is 2.48. The van der Waals surface area contributed by atoms with Gasteiger partial charge in [0.05, 0.1) is 22.4 Å². The van der Waals surface area contributed by atoms with E-state index in [0.717, 1.165) is 78.3 Å². The minimum absolute atomic E-state index is 0.128. The lowest BCUT2D eigenvalue weighted by molar-refractivity contribution is 0.660. The van der Waals surface area contributed by atoms with Crippen LogP contribution in [0.2, 0.25) is 0 Å². The Morgan fingerprint density at radius 3 is 1.30 bits per heavy atom. The molecule has 0 fully saturated rings. The van der Waals surface area contributed by atoms with E-state index in [1.54, 1.807) is 0 Å².